The Morgan fingerprint density at radius 1 is 1.29 bits per heavy atom. The first kappa shape index (κ1) is 10.6. The van der Waals surface area contributed by atoms with Gasteiger partial charge in [0.1, 0.15) is 0 Å². The Kier molecular flexibility index (Phi) is 3.23. The highest BCUT2D eigenvalue weighted by Crippen LogP contribution is 2.42. The molecule has 0 nitrogen and oxygen atoms in total. The minimum absolute atomic E-state index is 0.354. The molecular weight excluding hydrogens is 256 g/mol. The molecule has 0 N–H and O–H groups in total. The molecule has 0 aromatic heterocycles. The van der Waals surface area contributed by atoms with Crippen molar-refractivity contribution in [3.63, 3.8) is 0 Å². The molecule has 0 amide bonds. The number of hydrogen-bond donors (Lipinski definition) is 1. The number of rotatable bonds is 2. The summed E-state index contributed by atoms with van der Waals surface area (Å²) in [4.78, 5) is 0. The van der Waals surface area contributed by atoms with Crippen LogP contribution in [0.5, 0.6) is 0 Å². The van der Waals surface area contributed by atoms with Gasteiger partial charge in [-0.3, -0.25) is 0 Å². The standard InChI is InChI=1S/C12H15BrS/c13-11-5-3-4-10(8-11)12(9-14)6-1-2-7-12/h3-5,8,14H,1-2,6-7,9H2. The van der Waals surface area contributed by atoms with Crippen molar-refractivity contribution in [1.82, 2.24) is 0 Å². The summed E-state index contributed by atoms with van der Waals surface area (Å²) in [6.07, 6.45) is 5.31. The van der Waals surface area contributed by atoms with Gasteiger partial charge in [-0.05, 0) is 36.3 Å². The Morgan fingerprint density at radius 2 is 2.00 bits per heavy atom. The summed E-state index contributed by atoms with van der Waals surface area (Å²) in [5, 5.41) is 0. The van der Waals surface area contributed by atoms with Crippen LogP contribution in [0, 0.1) is 0 Å². The van der Waals surface area contributed by atoms with Crippen molar-refractivity contribution in [1.29, 1.82) is 0 Å². The fraction of sp³-hybridized carbons (Fsp3) is 0.500. The second kappa shape index (κ2) is 4.28. The van der Waals surface area contributed by atoms with Crippen LogP contribution in [-0.4, -0.2) is 5.75 Å². The molecule has 2 heteroatoms. The molecular formula is C12H15BrS. The smallest absolute Gasteiger partial charge is 0.0178 e. The van der Waals surface area contributed by atoms with Crippen LogP contribution in [-0.2, 0) is 5.41 Å². The van der Waals surface area contributed by atoms with Crippen LogP contribution in [0.2, 0.25) is 0 Å². The van der Waals surface area contributed by atoms with E-state index < -0.39 is 0 Å². The van der Waals surface area contributed by atoms with Gasteiger partial charge in [0.15, 0.2) is 0 Å². The van der Waals surface area contributed by atoms with Gasteiger partial charge in [-0.25, -0.2) is 0 Å². The van der Waals surface area contributed by atoms with Crippen molar-refractivity contribution in [3.05, 3.63) is 34.3 Å². The SMILES string of the molecule is SCC1(c2cccc(Br)c2)CCCC1. The third-order valence-corrected chi connectivity index (χ3v) is 4.40. The van der Waals surface area contributed by atoms with Gasteiger partial charge in [0.05, 0.1) is 0 Å². The lowest BCUT2D eigenvalue weighted by atomic mass is 9.81. The van der Waals surface area contributed by atoms with E-state index in [1.807, 2.05) is 0 Å². The predicted octanol–water partition coefficient (Wildman–Crippen LogP) is 4.19. The normalized spacial score (nSPS) is 19.9. The summed E-state index contributed by atoms with van der Waals surface area (Å²) >= 11 is 8.07. The predicted molar refractivity (Wildman–Crippen MR) is 68.1 cm³/mol. The zero-order valence-electron chi connectivity index (χ0n) is 8.17. The zero-order chi connectivity index (χ0) is 10.0. The van der Waals surface area contributed by atoms with Gasteiger partial charge in [0.25, 0.3) is 0 Å². The molecule has 1 aromatic carbocycles. The summed E-state index contributed by atoms with van der Waals surface area (Å²) in [5.41, 5.74) is 1.81. The molecule has 0 saturated heterocycles. The molecule has 1 fully saturated rings. The highest BCUT2D eigenvalue weighted by molar-refractivity contribution is 9.10. The van der Waals surface area contributed by atoms with Gasteiger partial charge in [0, 0.05) is 9.89 Å². The van der Waals surface area contributed by atoms with E-state index >= 15 is 0 Å². The minimum Gasteiger partial charge on any atom is -0.178 e. The van der Waals surface area contributed by atoms with Crippen molar-refractivity contribution in [2.24, 2.45) is 0 Å². The Bertz CT molecular complexity index is 316. The molecule has 0 bridgehead atoms. The van der Waals surface area contributed by atoms with Crippen molar-refractivity contribution in [2.75, 3.05) is 5.75 Å². The van der Waals surface area contributed by atoms with Gasteiger partial charge >= 0.3 is 0 Å². The molecule has 0 atom stereocenters. The van der Waals surface area contributed by atoms with Crippen molar-refractivity contribution >= 4 is 28.6 Å². The maximum atomic E-state index is 4.53. The zero-order valence-corrected chi connectivity index (χ0v) is 10.7. The molecule has 0 spiro atoms. The Balaban J connectivity index is 2.35. The van der Waals surface area contributed by atoms with Crippen molar-refractivity contribution in [2.45, 2.75) is 31.1 Å². The summed E-state index contributed by atoms with van der Waals surface area (Å²) in [7, 11) is 0. The minimum atomic E-state index is 0.354. The van der Waals surface area contributed by atoms with E-state index in [1.54, 1.807) is 0 Å². The van der Waals surface area contributed by atoms with Crippen LogP contribution in [0.1, 0.15) is 31.2 Å². The number of hydrogen-bond acceptors (Lipinski definition) is 1. The van der Waals surface area contributed by atoms with Crippen LogP contribution in [0.4, 0.5) is 0 Å². The fourth-order valence-electron chi connectivity index (χ4n) is 2.41. The van der Waals surface area contributed by atoms with Crippen LogP contribution >= 0.6 is 28.6 Å². The highest BCUT2D eigenvalue weighted by atomic mass is 79.9. The van der Waals surface area contributed by atoms with Crippen molar-refractivity contribution < 1.29 is 0 Å². The fourth-order valence-corrected chi connectivity index (χ4v) is 3.31. The largest absolute Gasteiger partial charge is 0.178 e. The topological polar surface area (TPSA) is 0 Å². The summed E-state index contributed by atoms with van der Waals surface area (Å²) in [6.45, 7) is 0. The van der Waals surface area contributed by atoms with Gasteiger partial charge in [-0.15, -0.1) is 0 Å². The molecule has 0 heterocycles. The quantitative estimate of drug-likeness (QED) is 0.766. The molecule has 14 heavy (non-hydrogen) atoms. The van der Waals surface area contributed by atoms with Crippen LogP contribution < -0.4 is 0 Å². The van der Waals surface area contributed by atoms with Gasteiger partial charge in [-0.1, -0.05) is 40.9 Å². The lowest BCUT2D eigenvalue weighted by Crippen LogP contribution is -2.23. The van der Waals surface area contributed by atoms with Gasteiger partial charge in [-0.2, -0.15) is 12.6 Å². The van der Waals surface area contributed by atoms with E-state index in [0.717, 1.165) is 5.75 Å². The molecule has 2 rings (SSSR count). The molecule has 0 unspecified atom stereocenters. The third kappa shape index (κ3) is 1.87. The van der Waals surface area contributed by atoms with E-state index in [2.05, 4.69) is 52.8 Å². The maximum Gasteiger partial charge on any atom is 0.0178 e. The second-order valence-electron chi connectivity index (χ2n) is 4.16. The average Bonchev–Trinajstić information content (AvgIpc) is 2.67. The van der Waals surface area contributed by atoms with E-state index in [-0.39, 0.29) is 0 Å². The van der Waals surface area contributed by atoms with Gasteiger partial charge < -0.3 is 0 Å². The molecule has 0 radical (unpaired) electrons. The second-order valence-corrected chi connectivity index (χ2v) is 5.39. The lowest BCUT2D eigenvalue weighted by molar-refractivity contribution is 0.502. The summed E-state index contributed by atoms with van der Waals surface area (Å²) < 4.78 is 1.18. The van der Waals surface area contributed by atoms with E-state index in [1.165, 1.54) is 35.7 Å². The van der Waals surface area contributed by atoms with E-state index in [0.29, 0.717) is 5.41 Å². The first-order valence-corrected chi connectivity index (χ1v) is 6.56. The highest BCUT2D eigenvalue weighted by Gasteiger charge is 2.34. The van der Waals surface area contributed by atoms with Crippen molar-refractivity contribution in [3.8, 4) is 0 Å². The first-order valence-electron chi connectivity index (χ1n) is 5.14. The Labute approximate surface area is 99.6 Å². The van der Waals surface area contributed by atoms with Crippen LogP contribution in [0.15, 0.2) is 28.7 Å². The number of benzene rings is 1. The molecule has 1 saturated carbocycles. The van der Waals surface area contributed by atoms with Crippen LogP contribution in [0.3, 0.4) is 0 Å². The summed E-state index contributed by atoms with van der Waals surface area (Å²) in [6, 6.07) is 8.71. The van der Waals surface area contributed by atoms with Crippen LogP contribution in [0.25, 0.3) is 0 Å². The molecule has 1 aliphatic carbocycles. The molecule has 76 valence electrons. The Morgan fingerprint density at radius 3 is 2.57 bits per heavy atom. The average molecular weight is 271 g/mol. The van der Waals surface area contributed by atoms with E-state index in [9.17, 15) is 0 Å². The van der Waals surface area contributed by atoms with E-state index in [4.69, 9.17) is 0 Å². The monoisotopic (exact) mass is 270 g/mol. The number of thiol groups is 1. The maximum absolute atomic E-state index is 4.53. The molecule has 0 aliphatic heterocycles. The first-order chi connectivity index (χ1) is 6.77. The third-order valence-electron chi connectivity index (χ3n) is 3.30. The number of halogens is 1. The van der Waals surface area contributed by atoms with Gasteiger partial charge in [0.2, 0.25) is 0 Å². The molecule has 1 aromatic rings. The lowest BCUT2D eigenvalue weighted by Gasteiger charge is -2.27. The molecule has 1 aliphatic rings. The summed E-state index contributed by atoms with van der Waals surface area (Å²) in [5.74, 6) is 0.976. The Hall–Kier alpha value is 0.0500.